The van der Waals surface area contributed by atoms with Crippen LogP contribution in [0, 0.1) is 11.8 Å². The SMILES string of the molecule is CCC(C)(CC)SN1CCC(CCCC2CCN(C(C)(CC)CC)CC2)CC1. The number of hydrogen-bond acceptors (Lipinski definition) is 3. The monoisotopic (exact) mass is 410 g/mol. The van der Waals surface area contributed by atoms with Gasteiger partial charge in [-0.15, -0.1) is 0 Å². The maximum Gasteiger partial charge on any atom is 0.0273 e. The fraction of sp³-hybridized carbons (Fsp3) is 1.00. The van der Waals surface area contributed by atoms with Gasteiger partial charge in [0.1, 0.15) is 0 Å². The van der Waals surface area contributed by atoms with Crippen LogP contribution in [0.1, 0.15) is 112 Å². The Morgan fingerprint density at radius 1 is 0.714 bits per heavy atom. The second-order valence-electron chi connectivity index (χ2n) is 10.2. The summed E-state index contributed by atoms with van der Waals surface area (Å²) in [5.74, 6) is 1.99. The zero-order valence-electron chi connectivity index (χ0n) is 20.1. The van der Waals surface area contributed by atoms with E-state index in [1.165, 1.54) is 96.8 Å². The molecule has 28 heavy (non-hydrogen) atoms. The predicted octanol–water partition coefficient (Wildman–Crippen LogP) is 7.39. The zero-order chi connectivity index (χ0) is 20.6. The summed E-state index contributed by atoms with van der Waals surface area (Å²) in [6.07, 6.45) is 15.3. The number of rotatable bonds is 11. The second kappa shape index (κ2) is 11.6. The lowest BCUT2D eigenvalue weighted by molar-refractivity contribution is 0.0532. The van der Waals surface area contributed by atoms with Crippen molar-refractivity contribution in [1.82, 2.24) is 9.21 Å². The van der Waals surface area contributed by atoms with Crippen LogP contribution in [0.5, 0.6) is 0 Å². The van der Waals surface area contributed by atoms with Crippen molar-refractivity contribution in [3.8, 4) is 0 Å². The van der Waals surface area contributed by atoms with Gasteiger partial charge in [0.05, 0.1) is 0 Å². The summed E-state index contributed by atoms with van der Waals surface area (Å²) in [7, 11) is 0. The van der Waals surface area contributed by atoms with E-state index in [1.807, 2.05) is 0 Å². The molecule has 2 heterocycles. The molecule has 0 unspecified atom stereocenters. The van der Waals surface area contributed by atoms with Crippen LogP contribution in [0.15, 0.2) is 0 Å². The minimum absolute atomic E-state index is 0.447. The lowest BCUT2D eigenvalue weighted by Crippen LogP contribution is -2.49. The molecule has 0 aromatic rings. The summed E-state index contributed by atoms with van der Waals surface area (Å²) in [5, 5.41) is 0. The lowest BCUT2D eigenvalue weighted by Gasteiger charge is -2.44. The topological polar surface area (TPSA) is 6.48 Å². The molecule has 0 bridgehead atoms. The van der Waals surface area contributed by atoms with Gasteiger partial charge in [-0.2, -0.15) is 0 Å². The van der Waals surface area contributed by atoms with Crippen LogP contribution in [0.3, 0.4) is 0 Å². The number of likely N-dealkylation sites (tertiary alicyclic amines) is 1. The molecular weight excluding hydrogens is 360 g/mol. The van der Waals surface area contributed by atoms with Crippen molar-refractivity contribution in [2.45, 2.75) is 122 Å². The van der Waals surface area contributed by atoms with E-state index in [1.54, 1.807) is 0 Å². The van der Waals surface area contributed by atoms with Crippen molar-refractivity contribution < 1.29 is 0 Å². The van der Waals surface area contributed by atoms with Gasteiger partial charge < -0.3 is 0 Å². The van der Waals surface area contributed by atoms with Gasteiger partial charge in [-0.25, -0.2) is 0 Å². The molecule has 0 aromatic carbocycles. The van der Waals surface area contributed by atoms with Gasteiger partial charge in [-0.05, 0) is 90.1 Å². The van der Waals surface area contributed by atoms with Gasteiger partial charge in [0.25, 0.3) is 0 Å². The fourth-order valence-electron chi connectivity index (χ4n) is 5.13. The Balaban J connectivity index is 1.60. The molecule has 0 N–H and O–H groups in total. The van der Waals surface area contributed by atoms with Crippen molar-refractivity contribution in [1.29, 1.82) is 0 Å². The summed E-state index contributed by atoms with van der Waals surface area (Å²) >= 11 is 2.15. The van der Waals surface area contributed by atoms with E-state index in [4.69, 9.17) is 0 Å². The first kappa shape index (κ1) is 24.5. The molecule has 2 nitrogen and oxygen atoms in total. The molecule has 2 rings (SSSR count). The van der Waals surface area contributed by atoms with Gasteiger partial charge in [0.2, 0.25) is 0 Å². The summed E-state index contributed by atoms with van der Waals surface area (Å²) in [5.41, 5.74) is 0.447. The molecule has 0 amide bonds. The molecule has 3 heteroatoms. The van der Waals surface area contributed by atoms with E-state index in [0.717, 1.165) is 11.8 Å². The summed E-state index contributed by atoms with van der Waals surface area (Å²) < 4.78 is 3.13. The van der Waals surface area contributed by atoms with E-state index in [-0.39, 0.29) is 0 Å². The van der Waals surface area contributed by atoms with Crippen LogP contribution < -0.4 is 0 Å². The van der Waals surface area contributed by atoms with E-state index >= 15 is 0 Å². The van der Waals surface area contributed by atoms with Crippen LogP contribution in [-0.4, -0.2) is 45.7 Å². The molecule has 0 aromatic heterocycles. The minimum atomic E-state index is 0.447. The highest BCUT2D eigenvalue weighted by Gasteiger charge is 2.32. The molecule has 166 valence electrons. The molecule has 0 radical (unpaired) electrons. The standard InChI is InChI=1S/C25H50N2S/c1-7-24(5,8-2)26-18-14-22(15-19-26)12-11-13-23-16-20-27(21-17-23)28-25(6,9-3)10-4/h22-23H,7-21H2,1-6H3. The third-order valence-electron chi connectivity index (χ3n) is 8.54. The van der Waals surface area contributed by atoms with Gasteiger partial charge in [-0.1, -0.05) is 58.9 Å². The van der Waals surface area contributed by atoms with Crippen LogP contribution in [-0.2, 0) is 0 Å². The lowest BCUT2D eigenvalue weighted by atomic mass is 9.84. The molecule has 0 spiro atoms. The first-order valence-electron chi connectivity index (χ1n) is 12.6. The molecule has 2 fully saturated rings. The van der Waals surface area contributed by atoms with Crippen LogP contribution >= 0.6 is 11.9 Å². The Kier molecular flexibility index (Phi) is 10.2. The average molecular weight is 411 g/mol. The van der Waals surface area contributed by atoms with Crippen LogP contribution in [0.4, 0.5) is 0 Å². The van der Waals surface area contributed by atoms with Crippen molar-refractivity contribution in [3.63, 3.8) is 0 Å². The third-order valence-corrected chi connectivity index (χ3v) is 10.2. The van der Waals surface area contributed by atoms with Crippen molar-refractivity contribution in [3.05, 3.63) is 0 Å². The highest BCUT2D eigenvalue weighted by atomic mass is 32.2. The summed E-state index contributed by atoms with van der Waals surface area (Å²) in [6.45, 7) is 19.6. The Labute approximate surface area is 181 Å². The maximum atomic E-state index is 2.79. The highest BCUT2D eigenvalue weighted by Crippen LogP contribution is 2.38. The first-order chi connectivity index (χ1) is 13.4. The largest absolute Gasteiger partial charge is 0.298 e. The average Bonchev–Trinajstić information content (AvgIpc) is 2.74. The Hall–Kier alpha value is 0.270. The molecular formula is C25H50N2S. The molecule has 0 atom stereocenters. The zero-order valence-corrected chi connectivity index (χ0v) is 20.9. The molecule has 2 aliphatic rings. The number of piperidine rings is 2. The first-order valence-corrected chi connectivity index (χ1v) is 13.3. The summed E-state index contributed by atoms with van der Waals surface area (Å²) in [6, 6.07) is 0. The maximum absolute atomic E-state index is 2.79. The fourth-order valence-corrected chi connectivity index (χ4v) is 6.41. The predicted molar refractivity (Wildman–Crippen MR) is 128 cm³/mol. The third kappa shape index (κ3) is 6.91. The van der Waals surface area contributed by atoms with Crippen LogP contribution in [0.25, 0.3) is 0 Å². The molecule has 0 saturated carbocycles. The highest BCUT2D eigenvalue weighted by molar-refractivity contribution is 7.98. The van der Waals surface area contributed by atoms with E-state index in [0.29, 0.717) is 10.3 Å². The molecule has 2 aliphatic heterocycles. The Morgan fingerprint density at radius 3 is 1.61 bits per heavy atom. The molecule has 0 aliphatic carbocycles. The Morgan fingerprint density at radius 2 is 1.18 bits per heavy atom. The number of hydrogen-bond donors (Lipinski definition) is 0. The van der Waals surface area contributed by atoms with E-state index in [9.17, 15) is 0 Å². The quantitative estimate of drug-likeness (QED) is 0.328. The van der Waals surface area contributed by atoms with Crippen molar-refractivity contribution >= 4 is 11.9 Å². The van der Waals surface area contributed by atoms with Crippen LogP contribution in [0.2, 0.25) is 0 Å². The van der Waals surface area contributed by atoms with Gasteiger partial charge in [0.15, 0.2) is 0 Å². The van der Waals surface area contributed by atoms with Gasteiger partial charge >= 0.3 is 0 Å². The van der Waals surface area contributed by atoms with E-state index in [2.05, 4.69) is 62.7 Å². The van der Waals surface area contributed by atoms with Gasteiger partial charge in [-0.3, -0.25) is 9.21 Å². The van der Waals surface area contributed by atoms with Gasteiger partial charge in [0, 0.05) is 23.4 Å². The minimum Gasteiger partial charge on any atom is -0.298 e. The second-order valence-corrected chi connectivity index (χ2v) is 11.9. The summed E-state index contributed by atoms with van der Waals surface area (Å²) in [4.78, 5) is 2.79. The smallest absolute Gasteiger partial charge is 0.0273 e. The van der Waals surface area contributed by atoms with E-state index < -0.39 is 0 Å². The van der Waals surface area contributed by atoms with Crippen molar-refractivity contribution in [2.75, 3.05) is 26.2 Å². The Bertz CT molecular complexity index is 414. The number of nitrogens with zero attached hydrogens (tertiary/aromatic N) is 2. The molecule has 2 saturated heterocycles. The van der Waals surface area contributed by atoms with Crippen molar-refractivity contribution in [2.24, 2.45) is 11.8 Å². The normalized spacial score (nSPS) is 22.1.